The van der Waals surface area contributed by atoms with Gasteiger partial charge in [-0.3, -0.25) is 4.79 Å². The average Bonchev–Trinajstić information content (AvgIpc) is 2.86. The number of nitrogens with zero attached hydrogens (tertiary/aromatic N) is 1. The quantitative estimate of drug-likeness (QED) is 0.0863. The van der Waals surface area contributed by atoms with Gasteiger partial charge in [0.1, 0.15) is 0 Å². The molecule has 0 aliphatic rings. The van der Waals surface area contributed by atoms with E-state index in [1.54, 1.807) is 78.5 Å². The minimum absolute atomic E-state index is 0.0702. The van der Waals surface area contributed by atoms with Gasteiger partial charge in [-0.15, -0.1) is 0 Å². The number of thioether (sulfide) groups is 1. The Labute approximate surface area is 198 Å². The molecular formula is C28H25NO3S. The Balaban J connectivity index is 1.84. The van der Waals surface area contributed by atoms with Gasteiger partial charge in [0.2, 0.25) is 5.78 Å². The fraction of sp³-hybridized carbons (Fsp3) is 0.107. The monoisotopic (exact) mass is 455 g/mol. The highest BCUT2D eigenvalue weighted by Gasteiger charge is 2.19. The zero-order valence-electron chi connectivity index (χ0n) is 18.6. The molecule has 0 heterocycles. The Morgan fingerprint density at radius 2 is 1.45 bits per heavy atom. The maximum absolute atomic E-state index is 13.3. The number of oxime groups is 1. The van der Waals surface area contributed by atoms with Crippen LogP contribution < -0.4 is 0 Å². The molecule has 0 saturated carbocycles. The summed E-state index contributed by atoms with van der Waals surface area (Å²) in [5.41, 5.74) is 1.47. The van der Waals surface area contributed by atoms with E-state index in [9.17, 15) is 9.59 Å². The third kappa shape index (κ3) is 6.89. The molecule has 3 rings (SSSR count). The highest BCUT2D eigenvalue weighted by atomic mass is 32.2. The molecule has 0 N–H and O–H groups in total. The fourth-order valence-electron chi connectivity index (χ4n) is 2.99. The molecule has 0 spiro atoms. The van der Waals surface area contributed by atoms with Gasteiger partial charge in [0.15, 0.2) is 5.71 Å². The molecule has 3 aromatic carbocycles. The second-order valence-corrected chi connectivity index (χ2v) is 8.17. The van der Waals surface area contributed by atoms with Crippen molar-refractivity contribution in [1.82, 2.24) is 0 Å². The summed E-state index contributed by atoms with van der Waals surface area (Å²) in [7, 11) is 0. The van der Waals surface area contributed by atoms with E-state index < -0.39 is 5.97 Å². The Hall–Kier alpha value is -3.70. The van der Waals surface area contributed by atoms with Gasteiger partial charge < -0.3 is 4.84 Å². The van der Waals surface area contributed by atoms with Crippen LogP contribution in [0.1, 0.15) is 46.5 Å². The lowest BCUT2D eigenvalue weighted by Gasteiger charge is -2.08. The molecule has 166 valence electrons. The van der Waals surface area contributed by atoms with Gasteiger partial charge in [0, 0.05) is 20.9 Å². The number of rotatable bonds is 9. The van der Waals surface area contributed by atoms with Crippen molar-refractivity contribution in [1.29, 1.82) is 0 Å². The van der Waals surface area contributed by atoms with E-state index in [0.29, 0.717) is 16.7 Å². The number of carbonyl (C=O) groups is 2. The maximum atomic E-state index is 13.3. The van der Waals surface area contributed by atoms with Crippen LogP contribution >= 0.6 is 11.8 Å². The zero-order chi connectivity index (χ0) is 23.5. The minimum atomic E-state index is -0.622. The van der Waals surface area contributed by atoms with E-state index in [2.05, 4.69) is 24.2 Å². The van der Waals surface area contributed by atoms with Crippen LogP contribution in [0.5, 0.6) is 0 Å². The first-order chi connectivity index (χ1) is 16.1. The SMILES string of the molecule is C/C=C\C(=C/CC)Sc1ccc(C(=O)/C(=N/OC(=O)c2ccccc2)c2ccccc2)cc1. The topological polar surface area (TPSA) is 55.7 Å². The summed E-state index contributed by atoms with van der Waals surface area (Å²) in [6, 6.07) is 24.9. The lowest BCUT2D eigenvalue weighted by atomic mass is 10.0. The van der Waals surface area contributed by atoms with Gasteiger partial charge >= 0.3 is 5.97 Å². The minimum Gasteiger partial charge on any atom is -0.312 e. The number of ketones is 1. The van der Waals surface area contributed by atoms with Crippen LogP contribution in [0.2, 0.25) is 0 Å². The lowest BCUT2D eigenvalue weighted by molar-refractivity contribution is 0.0516. The van der Waals surface area contributed by atoms with Crippen molar-refractivity contribution in [2.75, 3.05) is 0 Å². The summed E-state index contributed by atoms with van der Waals surface area (Å²) in [6.07, 6.45) is 7.17. The largest absolute Gasteiger partial charge is 0.365 e. The first-order valence-corrected chi connectivity index (χ1v) is 11.5. The third-order valence-electron chi connectivity index (χ3n) is 4.58. The summed E-state index contributed by atoms with van der Waals surface area (Å²) in [5, 5.41) is 3.96. The third-order valence-corrected chi connectivity index (χ3v) is 5.63. The van der Waals surface area contributed by atoms with Gasteiger partial charge in [-0.1, -0.05) is 90.6 Å². The van der Waals surface area contributed by atoms with E-state index in [-0.39, 0.29) is 11.5 Å². The van der Waals surface area contributed by atoms with Gasteiger partial charge in [0.05, 0.1) is 5.56 Å². The van der Waals surface area contributed by atoms with Crippen molar-refractivity contribution in [3.05, 3.63) is 125 Å². The molecule has 0 aliphatic heterocycles. The van der Waals surface area contributed by atoms with Crippen molar-refractivity contribution in [2.24, 2.45) is 5.16 Å². The van der Waals surface area contributed by atoms with E-state index >= 15 is 0 Å². The number of hydrogen-bond acceptors (Lipinski definition) is 5. The number of hydrogen-bond donors (Lipinski definition) is 0. The van der Waals surface area contributed by atoms with Gasteiger partial charge in [-0.05, 0) is 49.7 Å². The Morgan fingerprint density at radius 1 is 0.848 bits per heavy atom. The molecule has 0 aliphatic carbocycles. The predicted molar refractivity (Wildman–Crippen MR) is 135 cm³/mol. The van der Waals surface area contributed by atoms with Gasteiger partial charge in [-0.2, -0.15) is 0 Å². The van der Waals surface area contributed by atoms with Gasteiger partial charge in [-0.25, -0.2) is 4.79 Å². The van der Waals surface area contributed by atoms with E-state index in [0.717, 1.165) is 16.2 Å². The van der Waals surface area contributed by atoms with Crippen molar-refractivity contribution in [3.63, 3.8) is 0 Å². The number of allylic oxidation sites excluding steroid dienone is 3. The highest BCUT2D eigenvalue weighted by molar-refractivity contribution is 8.03. The van der Waals surface area contributed by atoms with E-state index in [4.69, 9.17) is 4.84 Å². The first-order valence-electron chi connectivity index (χ1n) is 10.7. The predicted octanol–water partition coefficient (Wildman–Crippen LogP) is 7.09. The smallest absolute Gasteiger partial charge is 0.312 e. The molecule has 5 heteroatoms. The number of Topliss-reactive ketones (excluding diaryl/α,β-unsaturated/α-hetero) is 1. The van der Waals surface area contributed by atoms with E-state index in [1.165, 1.54) is 0 Å². The van der Waals surface area contributed by atoms with Crippen molar-refractivity contribution in [3.8, 4) is 0 Å². The van der Waals surface area contributed by atoms with Crippen LogP contribution in [-0.2, 0) is 4.84 Å². The molecule has 0 saturated heterocycles. The zero-order valence-corrected chi connectivity index (χ0v) is 19.4. The second-order valence-electron chi connectivity index (χ2n) is 7.02. The highest BCUT2D eigenvalue weighted by Crippen LogP contribution is 2.28. The second kappa shape index (κ2) is 12.4. The summed E-state index contributed by atoms with van der Waals surface area (Å²) >= 11 is 1.64. The summed E-state index contributed by atoms with van der Waals surface area (Å²) in [5.74, 6) is -0.945. The molecule has 0 amide bonds. The van der Waals surface area contributed by atoms with Crippen LogP contribution in [0.25, 0.3) is 0 Å². The maximum Gasteiger partial charge on any atom is 0.365 e. The molecule has 33 heavy (non-hydrogen) atoms. The van der Waals surface area contributed by atoms with Crippen LogP contribution in [-0.4, -0.2) is 17.5 Å². The van der Waals surface area contributed by atoms with Crippen molar-refractivity contribution in [2.45, 2.75) is 25.2 Å². The molecule has 0 unspecified atom stereocenters. The molecule has 0 fully saturated rings. The summed E-state index contributed by atoms with van der Waals surface area (Å²) < 4.78 is 0. The first kappa shape index (κ1) is 24.0. The molecule has 4 nitrogen and oxygen atoms in total. The van der Waals surface area contributed by atoms with Crippen LogP contribution in [0.4, 0.5) is 0 Å². The summed E-state index contributed by atoms with van der Waals surface area (Å²) in [4.78, 5) is 32.9. The normalized spacial score (nSPS) is 12.1. The molecular weight excluding hydrogens is 430 g/mol. The van der Waals surface area contributed by atoms with E-state index in [1.807, 2.05) is 31.2 Å². The molecule has 0 atom stereocenters. The molecule has 0 aromatic heterocycles. The van der Waals surface area contributed by atoms with Crippen LogP contribution in [0.15, 0.2) is 118 Å². The van der Waals surface area contributed by atoms with Gasteiger partial charge in [0.25, 0.3) is 0 Å². The molecule has 0 bridgehead atoms. The summed E-state index contributed by atoms with van der Waals surface area (Å²) in [6.45, 7) is 4.09. The van der Waals surface area contributed by atoms with Crippen LogP contribution in [0.3, 0.4) is 0 Å². The average molecular weight is 456 g/mol. The Morgan fingerprint density at radius 3 is 2.03 bits per heavy atom. The number of carbonyl (C=O) groups excluding carboxylic acids is 2. The Kier molecular flexibility index (Phi) is 8.98. The van der Waals surface area contributed by atoms with Crippen molar-refractivity contribution >= 4 is 29.2 Å². The standard InChI is InChI=1S/C28H25NO3S/c1-3-11-24(12-4-2)33-25-19-17-22(18-20-25)27(30)26(21-13-7-5-8-14-21)29-32-28(31)23-15-9-6-10-16-23/h3,5-20H,4H2,1-2H3/b11-3-,24-12+,29-26+. The van der Waals surface area contributed by atoms with Crippen molar-refractivity contribution < 1.29 is 14.4 Å². The lowest BCUT2D eigenvalue weighted by Crippen LogP contribution is -2.17. The van der Waals surface area contributed by atoms with Crippen LogP contribution in [0, 0.1) is 0 Å². The fourth-order valence-corrected chi connectivity index (χ4v) is 3.99. The molecule has 0 radical (unpaired) electrons. The molecule has 3 aromatic rings. The Bertz CT molecular complexity index is 1160. The number of benzene rings is 3.